The van der Waals surface area contributed by atoms with Crippen LogP contribution in [0.2, 0.25) is 15.1 Å². The number of aromatic nitrogens is 3. The molecule has 1 aliphatic rings. The molecule has 4 heterocycles. The van der Waals surface area contributed by atoms with Crippen LogP contribution in [0.3, 0.4) is 0 Å². The molecule has 1 aliphatic heterocycles. The highest BCUT2D eigenvalue weighted by molar-refractivity contribution is 6.31. The quantitative estimate of drug-likeness (QED) is 0.0159. The van der Waals surface area contributed by atoms with Crippen molar-refractivity contribution in [1.82, 2.24) is 35.4 Å². The lowest BCUT2D eigenvalue weighted by Crippen LogP contribution is -2.49. The number of aliphatic hydroxyl groups is 3. The highest BCUT2D eigenvalue weighted by Gasteiger charge is 2.57. The Morgan fingerprint density at radius 2 is 1.00 bits per heavy atom. The standard InChI is InChI=1S/C31H32ClF4N3O5.C23H28ClF4N3O3.C23H29ClFN3O5.ClH/c1-29(2,37-3)19-15-22(17-5-7-21(33)20(32)13-17)39-27(16-19)30(42,31(34,35)36)11-9-23(40)18-6-8-24(26(14-18)43-4)44-25-10-12-38-28(25)41;1-20(2,3)34-19(32)31(6)21(4,5)14-10-17(13-7-8-16(25)15(24)9-13)30-18(11-14)22(33,12-29)23(26,27)28;1-21(2,3)33-20(29)27(7)22(4,5)15-11-18(14-8-9-17(25)16(24)10-14)26-19(12-15)23(6,30)13-28(31)32;/h5-8,13-16,25,37,42H,9-12H2,1-4H3,(H,38,41);7-11,33H,12,29H2,1-6H3;8-12,30H,13H2,1-7H3;1H/t25-,30?;;;/m0.../s1. The van der Waals surface area contributed by atoms with Crippen molar-refractivity contribution in [2.24, 2.45) is 5.73 Å². The molecule has 0 bridgehead atoms. The van der Waals surface area contributed by atoms with Crippen molar-refractivity contribution in [2.45, 2.75) is 172 Å². The van der Waals surface area contributed by atoms with Crippen LogP contribution in [-0.2, 0) is 47.7 Å². The molecule has 612 valence electrons. The van der Waals surface area contributed by atoms with Crippen molar-refractivity contribution < 1.29 is 97.9 Å². The highest BCUT2D eigenvalue weighted by Crippen LogP contribution is 2.46. The second-order valence-electron chi connectivity index (χ2n) is 30.0. The Bertz CT molecular complexity index is 4600. The van der Waals surface area contributed by atoms with Crippen molar-refractivity contribution in [3.63, 3.8) is 0 Å². The van der Waals surface area contributed by atoms with Crippen LogP contribution in [0.4, 0.5) is 49.1 Å². The number of carbonyl (C=O) groups is 4. The number of hydrogen-bond acceptors (Lipinski definition) is 18. The van der Waals surface area contributed by atoms with Gasteiger partial charge in [-0.1, -0.05) is 34.8 Å². The van der Waals surface area contributed by atoms with Gasteiger partial charge in [-0.25, -0.2) is 37.7 Å². The Morgan fingerprint density at radius 3 is 1.36 bits per heavy atom. The number of ketones is 1. The minimum absolute atomic E-state index is 0. The van der Waals surface area contributed by atoms with Gasteiger partial charge in [-0.05, 0) is 229 Å². The summed E-state index contributed by atoms with van der Waals surface area (Å²) in [5.41, 5.74) is -7.36. The Balaban J connectivity index is 0.000000304. The molecule has 4 atom stereocenters. The van der Waals surface area contributed by atoms with E-state index in [1.54, 1.807) is 103 Å². The minimum atomic E-state index is -5.22. The summed E-state index contributed by atoms with van der Waals surface area (Å²) in [4.78, 5) is 76.1. The fraction of sp³-hybridized carbons (Fsp3) is 0.442. The molecule has 4 aromatic carbocycles. The number of methoxy groups -OCH3 is 1. The predicted octanol–water partition coefficient (Wildman–Crippen LogP) is 16.6. The van der Waals surface area contributed by atoms with Crippen molar-refractivity contribution in [3.8, 4) is 45.3 Å². The lowest BCUT2D eigenvalue weighted by molar-refractivity contribution is -0.501. The molecule has 7 N–H and O–H groups in total. The maximum absolute atomic E-state index is 14.6. The van der Waals surface area contributed by atoms with E-state index in [1.807, 2.05) is 0 Å². The fourth-order valence-corrected chi connectivity index (χ4v) is 11.3. The van der Waals surface area contributed by atoms with Gasteiger partial charge in [0.15, 0.2) is 29.0 Å². The summed E-state index contributed by atoms with van der Waals surface area (Å²) < 4.78 is 148. The molecule has 1 fully saturated rings. The van der Waals surface area contributed by atoms with Crippen molar-refractivity contribution in [3.05, 3.63) is 191 Å². The minimum Gasteiger partial charge on any atom is -0.493 e. The average Bonchev–Trinajstić information content (AvgIpc) is 0.852. The Morgan fingerprint density at radius 1 is 0.607 bits per heavy atom. The van der Waals surface area contributed by atoms with Gasteiger partial charge in [-0.3, -0.25) is 19.7 Å². The summed E-state index contributed by atoms with van der Waals surface area (Å²) in [6.45, 7) is 20.2. The Hall–Kier alpha value is -8.66. The van der Waals surface area contributed by atoms with E-state index < -0.39 is 141 Å². The van der Waals surface area contributed by atoms with E-state index in [9.17, 15) is 84.1 Å². The summed E-state index contributed by atoms with van der Waals surface area (Å²) in [5.74, 6) is -2.73. The molecule has 3 amide bonds. The molecule has 0 radical (unpaired) electrons. The number of nitrogens with two attached hydrogens (primary N) is 1. The van der Waals surface area contributed by atoms with Crippen LogP contribution < -0.4 is 25.8 Å². The van der Waals surface area contributed by atoms with Crippen molar-refractivity contribution in [1.29, 1.82) is 0 Å². The predicted molar refractivity (Wildman–Crippen MR) is 406 cm³/mol. The second-order valence-corrected chi connectivity index (χ2v) is 31.2. The molecule has 22 nitrogen and oxygen atoms in total. The van der Waals surface area contributed by atoms with E-state index in [4.69, 9.17) is 59.5 Å². The molecular formula is C77H90Cl4F9N9O13. The molecular weight excluding hydrogens is 1570 g/mol. The van der Waals surface area contributed by atoms with Gasteiger partial charge in [0.05, 0.1) is 67.4 Å². The number of rotatable bonds is 22. The first-order valence-corrected chi connectivity index (χ1v) is 35.4. The van der Waals surface area contributed by atoms with Gasteiger partial charge in [0.2, 0.25) is 17.7 Å². The van der Waals surface area contributed by atoms with E-state index >= 15 is 0 Å². The zero-order chi connectivity index (χ0) is 84.1. The van der Waals surface area contributed by atoms with Crippen LogP contribution >= 0.6 is 47.2 Å². The number of benzene rings is 4. The van der Waals surface area contributed by atoms with Gasteiger partial charge < -0.3 is 60.4 Å². The molecule has 112 heavy (non-hydrogen) atoms. The molecule has 1 saturated heterocycles. The van der Waals surface area contributed by atoms with Gasteiger partial charge in [0.1, 0.15) is 28.7 Å². The molecule has 0 saturated carbocycles. The molecule has 0 aliphatic carbocycles. The normalized spacial score (nSPS) is 15.1. The average molecular weight is 1660 g/mol. The Labute approximate surface area is 663 Å². The van der Waals surface area contributed by atoms with E-state index in [1.165, 1.54) is 110 Å². The number of ether oxygens (including phenoxy) is 4. The van der Waals surface area contributed by atoms with Gasteiger partial charge in [-0.2, -0.15) is 26.3 Å². The number of nitro groups is 1. The topological polar surface area (TPSA) is 304 Å². The number of amides is 3. The summed E-state index contributed by atoms with van der Waals surface area (Å²) in [5, 5.41) is 48.7. The lowest BCUT2D eigenvalue weighted by Gasteiger charge is -2.38. The molecule has 8 rings (SSSR count). The SMILES string of the molecule is CN(C(=O)OC(C)(C)C)C(C)(C)c1cc(-c2ccc(F)c(Cl)c2)nc(C(C)(O)C[N+](=O)[O-])c1.CN(C(=O)OC(C)(C)C)C(C)(C)c1cc(-c2ccc(F)c(Cl)c2)nc(C(O)(CN)C(F)(F)F)c1.CNC(C)(C)c1cc(-c2ccc(F)c(Cl)c2)nc(C(O)(CCC(=O)c2ccc(O[C@H]3CCNC3=O)c(OC)c2)C(F)(F)F)c1.Cl. The van der Waals surface area contributed by atoms with Crippen molar-refractivity contribution >= 4 is 71.1 Å². The van der Waals surface area contributed by atoms with Gasteiger partial charge in [0.25, 0.3) is 5.91 Å². The third-order valence-corrected chi connectivity index (χ3v) is 19.3. The van der Waals surface area contributed by atoms with Crippen LogP contribution in [0.5, 0.6) is 11.5 Å². The van der Waals surface area contributed by atoms with Crippen LogP contribution in [-0.4, -0.2) is 146 Å². The number of carbonyl (C=O) groups excluding carboxylic acids is 4. The van der Waals surface area contributed by atoms with Crippen LogP contribution in [0.1, 0.15) is 153 Å². The van der Waals surface area contributed by atoms with Gasteiger partial charge in [0, 0.05) is 72.7 Å². The number of nitrogens with zero attached hydrogens (tertiary/aromatic N) is 6. The molecule has 7 aromatic rings. The van der Waals surface area contributed by atoms with E-state index in [2.05, 4.69) is 25.6 Å². The monoisotopic (exact) mass is 1660 g/mol. The van der Waals surface area contributed by atoms with E-state index in [0.29, 0.717) is 35.3 Å². The summed E-state index contributed by atoms with van der Waals surface area (Å²) in [7, 11) is 5.94. The fourth-order valence-electron chi connectivity index (χ4n) is 10.7. The zero-order valence-electron chi connectivity index (χ0n) is 64.3. The first kappa shape index (κ1) is 93.9. The molecule has 3 unspecified atom stereocenters. The maximum atomic E-state index is 14.6. The summed E-state index contributed by atoms with van der Waals surface area (Å²) >= 11 is 17.7. The summed E-state index contributed by atoms with van der Waals surface area (Å²) in [6.07, 6.45) is -13.7. The third kappa shape index (κ3) is 22.6. The van der Waals surface area contributed by atoms with Gasteiger partial charge in [-0.15, -0.1) is 12.4 Å². The Kier molecular flexibility index (Phi) is 30.0. The first-order valence-electron chi connectivity index (χ1n) is 34.2. The zero-order valence-corrected chi connectivity index (χ0v) is 67.4. The maximum Gasteiger partial charge on any atom is 0.424 e. The van der Waals surface area contributed by atoms with Gasteiger partial charge >= 0.3 is 24.5 Å². The number of pyridine rings is 3. The number of Topliss-reactive ketones (excluding diaryl/α,β-unsaturated/α-hetero) is 1. The van der Waals surface area contributed by atoms with Crippen LogP contribution in [0.25, 0.3) is 33.8 Å². The lowest BCUT2D eigenvalue weighted by atomic mass is 9.86. The number of hydrogen-bond donors (Lipinski definition) is 6. The number of alkyl halides is 6. The smallest absolute Gasteiger partial charge is 0.424 e. The first-order chi connectivity index (χ1) is 50.9. The number of nitrogens with one attached hydrogen (secondary N) is 2. The molecule has 35 heteroatoms. The van der Waals surface area contributed by atoms with Crippen molar-refractivity contribution in [2.75, 3.05) is 47.9 Å². The van der Waals surface area contributed by atoms with Crippen LogP contribution in [0.15, 0.2) is 109 Å². The second kappa shape index (κ2) is 35.8. The highest BCUT2D eigenvalue weighted by atomic mass is 35.5. The number of halogens is 13. The third-order valence-electron chi connectivity index (χ3n) is 18.4. The van der Waals surface area contributed by atoms with E-state index in [0.717, 1.165) is 24.3 Å². The van der Waals surface area contributed by atoms with Crippen LogP contribution in [0, 0.1) is 27.6 Å². The summed E-state index contributed by atoms with van der Waals surface area (Å²) in [6, 6.07) is 23.5. The largest absolute Gasteiger partial charge is 0.493 e. The molecule has 0 spiro atoms. The van der Waals surface area contributed by atoms with E-state index in [-0.39, 0.29) is 84.2 Å². The molecule has 3 aromatic heterocycles.